The predicted molar refractivity (Wildman–Crippen MR) is 102 cm³/mol. The molecule has 2 N–H and O–H groups in total. The number of aromatic nitrogens is 1. The van der Waals surface area contributed by atoms with E-state index >= 15 is 0 Å². The number of carbonyl (C=O) groups is 1. The summed E-state index contributed by atoms with van der Waals surface area (Å²) in [6.45, 7) is 3.76. The smallest absolute Gasteiger partial charge is 0.228 e. The number of carbonyl (C=O) groups excluding carboxylic acids is 1. The van der Waals surface area contributed by atoms with Crippen LogP contribution in [0.5, 0.6) is 0 Å². The zero-order chi connectivity index (χ0) is 18.4. The maximum Gasteiger partial charge on any atom is 0.228 e. The van der Waals surface area contributed by atoms with Crippen molar-refractivity contribution in [2.24, 2.45) is 0 Å². The molecule has 0 aliphatic heterocycles. The van der Waals surface area contributed by atoms with Crippen LogP contribution in [0.1, 0.15) is 23.4 Å². The minimum Gasteiger partial charge on any atom is -0.324 e. The standard InChI is InChI=1S/C18H19Cl2N3O2/c1-11-4-7-16(12(2)21-11)22-18(24)9-8-17(23-25-3)13-5-6-14(19)15(20)10-13/h4-8,10,23H,9H2,1-3H3,(H,22,24). The molecule has 25 heavy (non-hydrogen) atoms. The maximum atomic E-state index is 12.2. The molecular formula is C18H19Cl2N3O2. The Morgan fingerprint density at radius 1 is 1.20 bits per heavy atom. The molecule has 1 aromatic heterocycles. The van der Waals surface area contributed by atoms with Crippen LogP contribution in [0.25, 0.3) is 5.70 Å². The second-order valence-corrected chi connectivity index (χ2v) is 6.21. The van der Waals surface area contributed by atoms with Crippen molar-refractivity contribution in [3.8, 4) is 0 Å². The van der Waals surface area contributed by atoms with E-state index in [1.165, 1.54) is 7.11 Å². The molecule has 2 aromatic rings. The monoisotopic (exact) mass is 379 g/mol. The number of anilines is 1. The fourth-order valence-electron chi connectivity index (χ4n) is 2.21. The lowest BCUT2D eigenvalue weighted by molar-refractivity contribution is -0.115. The fourth-order valence-corrected chi connectivity index (χ4v) is 2.50. The summed E-state index contributed by atoms with van der Waals surface area (Å²) < 4.78 is 0. The summed E-state index contributed by atoms with van der Waals surface area (Å²) >= 11 is 12.0. The third kappa shape index (κ3) is 5.46. The molecular weight excluding hydrogens is 361 g/mol. The zero-order valence-corrected chi connectivity index (χ0v) is 15.7. The highest BCUT2D eigenvalue weighted by Gasteiger charge is 2.08. The normalized spacial score (nSPS) is 11.3. The van der Waals surface area contributed by atoms with Gasteiger partial charge in [-0.2, -0.15) is 0 Å². The van der Waals surface area contributed by atoms with Crippen LogP contribution in [0.3, 0.4) is 0 Å². The molecule has 2 rings (SSSR count). The topological polar surface area (TPSA) is 63.2 Å². The van der Waals surface area contributed by atoms with E-state index in [1.54, 1.807) is 24.3 Å². The van der Waals surface area contributed by atoms with E-state index in [-0.39, 0.29) is 12.3 Å². The number of aryl methyl sites for hydroxylation is 2. The molecule has 0 fully saturated rings. The Bertz CT molecular complexity index is 807. The molecule has 1 heterocycles. The van der Waals surface area contributed by atoms with Crippen LogP contribution < -0.4 is 10.8 Å². The quantitative estimate of drug-likeness (QED) is 0.723. The van der Waals surface area contributed by atoms with Gasteiger partial charge in [0.15, 0.2) is 0 Å². The van der Waals surface area contributed by atoms with Crippen molar-refractivity contribution in [3.63, 3.8) is 0 Å². The van der Waals surface area contributed by atoms with E-state index < -0.39 is 0 Å². The SMILES string of the molecule is CONC(=CCC(=O)Nc1ccc(C)nc1C)c1ccc(Cl)c(Cl)c1. The summed E-state index contributed by atoms with van der Waals surface area (Å²) in [5.74, 6) is -0.163. The van der Waals surface area contributed by atoms with Gasteiger partial charge in [-0.15, -0.1) is 0 Å². The van der Waals surface area contributed by atoms with Crippen LogP contribution in [0.15, 0.2) is 36.4 Å². The minimum absolute atomic E-state index is 0.152. The third-order valence-corrected chi connectivity index (χ3v) is 4.17. The summed E-state index contributed by atoms with van der Waals surface area (Å²) in [5.41, 5.74) is 6.51. The van der Waals surface area contributed by atoms with Crippen molar-refractivity contribution >= 4 is 40.5 Å². The van der Waals surface area contributed by atoms with Crippen molar-refractivity contribution in [2.45, 2.75) is 20.3 Å². The summed E-state index contributed by atoms with van der Waals surface area (Å²) in [6, 6.07) is 8.87. The van der Waals surface area contributed by atoms with Crippen LogP contribution >= 0.6 is 23.2 Å². The van der Waals surface area contributed by atoms with Crippen LogP contribution in [0, 0.1) is 13.8 Å². The highest BCUT2D eigenvalue weighted by atomic mass is 35.5. The van der Waals surface area contributed by atoms with Gasteiger partial charge in [-0.1, -0.05) is 29.3 Å². The van der Waals surface area contributed by atoms with Crippen LogP contribution in [0.2, 0.25) is 10.0 Å². The minimum atomic E-state index is -0.163. The van der Waals surface area contributed by atoms with Crippen molar-refractivity contribution < 1.29 is 9.63 Å². The van der Waals surface area contributed by atoms with Gasteiger partial charge >= 0.3 is 0 Å². The number of rotatable bonds is 6. The van der Waals surface area contributed by atoms with Crippen LogP contribution in [-0.2, 0) is 9.63 Å². The third-order valence-electron chi connectivity index (χ3n) is 3.43. The van der Waals surface area contributed by atoms with Crippen LogP contribution in [0.4, 0.5) is 5.69 Å². The van der Waals surface area contributed by atoms with E-state index in [1.807, 2.05) is 26.0 Å². The molecule has 1 amide bonds. The zero-order valence-electron chi connectivity index (χ0n) is 14.2. The summed E-state index contributed by atoms with van der Waals surface area (Å²) in [5, 5.41) is 3.73. The van der Waals surface area contributed by atoms with E-state index in [0.717, 1.165) is 17.0 Å². The maximum absolute atomic E-state index is 12.2. The molecule has 0 bridgehead atoms. The molecule has 1 aromatic carbocycles. The number of hydrogen-bond acceptors (Lipinski definition) is 4. The van der Waals surface area contributed by atoms with Gasteiger partial charge in [0.1, 0.15) is 0 Å². The van der Waals surface area contributed by atoms with Gasteiger partial charge in [-0.3, -0.25) is 20.1 Å². The number of hydrogen-bond donors (Lipinski definition) is 2. The first kappa shape index (κ1) is 19.2. The number of pyridine rings is 1. The second kappa shape index (κ2) is 8.85. The lowest BCUT2D eigenvalue weighted by Crippen LogP contribution is -2.14. The highest BCUT2D eigenvalue weighted by molar-refractivity contribution is 6.42. The summed E-state index contributed by atoms with van der Waals surface area (Å²) in [6.07, 6.45) is 1.87. The van der Waals surface area contributed by atoms with Crippen molar-refractivity contribution in [3.05, 3.63) is 63.4 Å². The van der Waals surface area contributed by atoms with Crippen molar-refractivity contribution in [1.29, 1.82) is 0 Å². The number of benzene rings is 1. The van der Waals surface area contributed by atoms with Crippen molar-refractivity contribution in [1.82, 2.24) is 10.5 Å². The van der Waals surface area contributed by atoms with E-state index in [4.69, 9.17) is 28.0 Å². The number of nitrogens with one attached hydrogen (secondary N) is 2. The van der Waals surface area contributed by atoms with Gasteiger partial charge in [0.05, 0.1) is 34.2 Å². The van der Waals surface area contributed by atoms with Gasteiger partial charge in [0.25, 0.3) is 0 Å². The van der Waals surface area contributed by atoms with Gasteiger partial charge < -0.3 is 5.32 Å². The number of hydroxylamine groups is 1. The average molecular weight is 380 g/mol. The Morgan fingerprint density at radius 2 is 1.96 bits per heavy atom. The molecule has 0 saturated heterocycles. The molecule has 0 unspecified atom stereocenters. The Labute approximate surface area is 157 Å². The lowest BCUT2D eigenvalue weighted by Gasteiger charge is -2.11. The molecule has 0 radical (unpaired) electrons. The fraction of sp³-hybridized carbons (Fsp3) is 0.222. The Morgan fingerprint density at radius 3 is 2.60 bits per heavy atom. The van der Waals surface area contributed by atoms with E-state index in [2.05, 4.69) is 15.8 Å². The average Bonchev–Trinajstić information content (AvgIpc) is 2.56. The highest BCUT2D eigenvalue weighted by Crippen LogP contribution is 2.25. The summed E-state index contributed by atoms with van der Waals surface area (Å²) in [4.78, 5) is 21.5. The molecule has 0 saturated carbocycles. The first-order valence-electron chi connectivity index (χ1n) is 7.59. The summed E-state index contributed by atoms with van der Waals surface area (Å²) in [7, 11) is 1.49. The van der Waals surface area contributed by atoms with E-state index in [9.17, 15) is 4.79 Å². The first-order chi connectivity index (χ1) is 11.9. The predicted octanol–water partition coefficient (Wildman–Crippen LogP) is 4.53. The molecule has 0 aliphatic carbocycles. The number of halogens is 2. The molecule has 5 nitrogen and oxygen atoms in total. The van der Waals surface area contributed by atoms with Crippen LogP contribution in [-0.4, -0.2) is 18.0 Å². The van der Waals surface area contributed by atoms with E-state index in [0.29, 0.717) is 21.4 Å². The van der Waals surface area contributed by atoms with Gasteiger partial charge in [-0.25, -0.2) is 0 Å². The molecule has 7 heteroatoms. The van der Waals surface area contributed by atoms with Gasteiger partial charge in [0, 0.05) is 17.7 Å². The lowest BCUT2D eigenvalue weighted by atomic mass is 10.1. The van der Waals surface area contributed by atoms with Gasteiger partial charge in [-0.05, 0) is 44.2 Å². The van der Waals surface area contributed by atoms with Gasteiger partial charge in [0.2, 0.25) is 5.91 Å². The Kier molecular flexibility index (Phi) is 6.82. The molecule has 0 atom stereocenters. The van der Waals surface area contributed by atoms with Crippen molar-refractivity contribution in [2.75, 3.05) is 12.4 Å². The first-order valence-corrected chi connectivity index (χ1v) is 8.35. The molecule has 132 valence electrons. The Balaban J connectivity index is 2.12. The number of amides is 1. The Hall–Kier alpha value is -2.08. The number of nitrogens with zero attached hydrogens (tertiary/aromatic N) is 1. The second-order valence-electron chi connectivity index (χ2n) is 5.39. The largest absolute Gasteiger partial charge is 0.324 e. The molecule has 0 spiro atoms. The molecule has 0 aliphatic rings.